The molecule has 2 aromatic rings. The number of pyridine rings is 1. The van der Waals surface area contributed by atoms with Crippen molar-refractivity contribution in [3.05, 3.63) is 65.4 Å². The Morgan fingerprint density at radius 2 is 2.18 bits per heavy atom. The van der Waals surface area contributed by atoms with Crippen LogP contribution in [0.25, 0.3) is 4.85 Å². The third-order valence-corrected chi connectivity index (χ3v) is 2.18. The Bertz CT molecular complexity index is 549. The zero-order valence-corrected chi connectivity index (χ0v) is 8.93. The SMILES string of the molecule is [C-]#[N+]c1ccc(COc2ccccn2)c(F)c1. The lowest BCUT2D eigenvalue weighted by Gasteiger charge is -2.06. The summed E-state index contributed by atoms with van der Waals surface area (Å²) >= 11 is 0. The Hall–Kier alpha value is -2.41. The molecule has 84 valence electrons. The van der Waals surface area contributed by atoms with Crippen LogP contribution in [0.5, 0.6) is 5.88 Å². The van der Waals surface area contributed by atoms with Gasteiger partial charge in [-0.05, 0) is 12.1 Å². The van der Waals surface area contributed by atoms with E-state index in [1.165, 1.54) is 6.07 Å². The van der Waals surface area contributed by atoms with E-state index in [-0.39, 0.29) is 12.3 Å². The Morgan fingerprint density at radius 1 is 1.29 bits per heavy atom. The van der Waals surface area contributed by atoms with Crippen molar-refractivity contribution in [3.8, 4) is 5.88 Å². The lowest BCUT2D eigenvalue weighted by Crippen LogP contribution is -1.99. The Labute approximate surface area is 98.3 Å². The summed E-state index contributed by atoms with van der Waals surface area (Å²) in [5.41, 5.74) is 0.687. The van der Waals surface area contributed by atoms with E-state index in [2.05, 4.69) is 9.83 Å². The smallest absolute Gasteiger partial charge is 0.213 e. The minimum atomic E-state index is -0.436. The molecule has 0 bridgehead atoms. The van der Waals surface area contributed by atoms with Crippen LogP contribution in [-0.4, -0.2) is 4.98 Å². The van der Waals surface area contributed by atoms with E-state index in [0.717, 1.165) is 0 Å². The molecular formula is C13H9FN2O. The Balaban J connectivity index is 2.08. The van der Waals surface area contributed by atoms with Crippen molar-refractivity contribution >= 4 is 5.69 Å². The summed E-state index contributed by atoms with van der Waals surface area (Å²) in [6, 6.07) is 9.58. The highest BCUT2D eigenvalue weighted by Gasteiger charge is 2.04. The lowest BCUT2D eigenvalue weighted by molar-refractivity contribution is 0.288. The van der Waals surface area contributed by atoms with Gasteiger partial charge in [0, 0.05) is 17.8 Å². The molecule has 17 heavy (non-hydrogen) atoms. The molecule has 0 radical (unpaired) electrons. The number of benzene rings is 1. The van der Waals surface area contributed by atoms with Crippen molar-refractivity contribution < 1.29 is 9.13 Å². The number of nitrogens with zero attached hydrogens (tertiary/aromatic N) is 2. The molecule has 0 amide bonds. The fraction of sp³-hybridized carbons (Fsp3) is 0.0769. The first-order chi connectivity index (χ1) is 8.29. The van der Waals surface area contributed by atoms with Crippen molar-refractivity contribution in [2.45, 2.75) is 6.61 Å². The molecule has 1 aromatic heterocycles. The minimum Gasteiger partial charge on any atom is -0.473 e. The quantitative estimate of drug-likeness (QED) is 0.753. The minimum absolute atomic E-state index is 0.0983. The van der Waals surface area contributed by atoms with Crippen molar-refractivity contribution in [2.75, 3.05) is 0 Å². The predicted octanol–water partition coefficient (Wildman–Crippen LogP) is 3.35. The Morgan fingerprint density at radius 3 is 2.82 bits per heavy atom. The van der Waals surface area contributed by atoms with E-state index in [9.17, 15) is 4.39 Å². The maximum absolute atomic E-state index is 13.5. The monoisotopic (exact) mass is 228 g/mol. The molecular weight excluding hydrogens is 219 g/mol. The number of rotatable bonds is 3. The fourth-order valence-electron chi connectivity index (χ4n) is 1.31. The molecule has 0 aliphatic rings. The molecule has 0 saturated carbocycles. The molecule has 0 fully saturated rings. The first-order valence-electron chi connectivity index (χ1n) is 4.99. The van der Waals surface area contributed by atoms with Crippen LogP contribution in [0.1, 0.15) is 5.56 Å². The zero-order chi connectivity index (χ0) is 12.1. The van der Waals surface area contributed by atoms with Crippen LogP contribution in [-0.2, 0) is 6.61 Å². The molecule has 4 heteroatoms. The first-order valence-corrected chi connectivity index (χ1v) is 4.99. The van der Waals surface area contributed by atoms with Crippen LogP contribution in [0, 0.1) is 12.4 Å². The molecule has 1 aromatic carbocycles. The summed E-state index contributed by atoms with van der Waals surface area (Å²) in [7, 11) is 0. The van der Waals surface area contributed by atoms with Crippen molar-refractivity contribution in [3.63, 3.8) is 0 Å². The summed E-state index contributed by atoms with van der Waals surface area (Å²) in [5, 5.41) is 0. The number of hydrogen-bond acceptors (Lipinski definition) is 2. The van der Waals surface area contributed by atoms with E-state index in [0.29, 0.717) is 11.4 Å². The van der Waals surface area contributed by atoms with Crippen molar-refractivity contribution in [1.82, 2.24) is 4.98 Å². The fourth-order valence-corrected chi connectivity index (χ4v) is 1.31. The van der Waals surface area contributed by atoms with E-state index < -0.39 is 5.82 Å². The summed E-state index contributed by atoms with van der Waals surface area (Å²) in [5.74, 6) is 0.00980. The van der Waals surface area contributed by atoms with Gasteiger partial charge in [0.05, 0.1) is 6.57 Å². The second kappa shape index (κ2) is 5.08. The van der Waals surface area contributed by atoms with E-state index in [1.54, 1.807) is 36.5 Å². The van der Waals surface area contributed by atoms with Gasteiger partial charge < -0.3 is 4.74 Å². The molecule has 0 N–H and O–H groups in total. The van der Waals surface area contributed by atoms with E-state index in [4.69, 9.17) is 11.3 Å². The third kappa shape index (κ3) is 2.79. The average Bonchev–Trinajstić information content (AvgIpc) is 2.38. The maximum Gasteiger partial charge on any atom is 0.213 e. The van der Waals surface area contributed by atoms with Gasteiger partial charge >= 0.3 is 0 Å². The van der Waals surface area contributed by atoms with Crippen LogP contribution >= 0.6 is 0 Å². The third-order valence-electron chi connectivity index (χ3n) is 2.18. The summed E-state index contributed by atoms with van der Waals surface area (Å²) in [6.45, 7) is 6.86. The lowest BCUT2D eigenvalue weighted by atomic mass is 10.2. The van der Waals surface area contributed by atoms with Gasteiger partial charge in [0.1, 0.15) is 12.4 Å². The average molecular weight is 228 g/mol. The molecule has 0 saturated heterocycles. The van der Waals surface area contributed by atoms with Crippen molar-refractivity contribution in [1.29, 1.82) is 0 Å². The summed E-state index contributed by atoms with van der Waals surface area (Å²) < 4.78 is 18.8. The summed E-state index contributed by atoms with van der Waals surface area (Å²) in [6.07, 6.45) is 1.60. The van der Waals surface area contributed by atoms with Crippen LogP contribution in [0.2, 0.25) is 0 Å². The second-order valence-corrected chi connectivity index (χ2v) is 3.34. The molecule has 0 atom stereocenters. The van der Waals surface area contributed by atoms with Gasteiger partial charge in [-0.25, -0.2) is 14.2 Å². The zero-order valence-electron chi connectivity index (χ0n) is 8.93. The molecule has 3 nitrogen and oxygen atoms in total. The highest BCUT2D eigenvalue weighted by atomic mass is 19.1. The number of ether oxygens (including phenoxy) is 1. The maximum atomic E-state index is 13.5. The van der Waals surface area contributed by atoms with Gasteiger partial charge in [-0.2, -0.15) is 0 Å². The summed E-state index contributed by atoms with van der Waals surface area (Å²) in [4.78, 5) is 7.11. The highest BCUT2D eigenvalue weighted by molar-refractivity contribution is 5.46. The normalized spacial score (nSPS) is 9.65. The van der Waals surface area contributed by atoms with Gasteiger partial charge in [-0.3, -0.25) is 0 Å². The standard InChI is InChI=1S/C13H9FN2O/c1-15-11-6-5-10(12(14)8-11)9-17-13-4-2-3-7-16-13/h2-8H,9H2. The van der Waals surface area contributed by atoms with Gasteiger partial charge in [0.2, 0.25) is 5.88 Å². The Kier molecular flexibility index (Phi) is 3.31. The molecule has 0 aliphatic heterocycles. The van der Waals surface area contributed by atoms with Gasteiger partial charge in [-0.15, -0.1) is 0 Å². The van der Waals surface area contributed by atoms with E-state index in [1.807, 2.05) is 0 Å². The van der Waals surface area contributed by atoms with Gasteiger partial charge in [-0.1, -0.05) is 18.2 Å². The second-order valence-electron chi connectivity index (χ2n) is 3.34. The van der Waals surface area contributed by atoms with Crippen LogP contribution in [0.4, 0.5) is 10.1 Å². The van der Waals surface area contributed by atoms with E-state index >= 15 is 0 Å². The van der Waals surface area contributed by atoms with Crippen LogP contribution in [0.15, 0.2) is 42.6 Å². The predicted molar refractivity (Wildman–Crippen MR) is 61.2 cm³/mol. The first kappa shape index (κ1) is 11.1. The number of halogens is 1. The molecule has 2 rings (SSSR count). The largest absolute Gasteiger partial charge is 0.473 e. The van der Waals surface area contributed by atoms with Crippen LogP contribution < -0.4 is 4.74 Å². The molecule has 1 heterocycles. The highest BCUT2D eigenvalue weighted by Crippen LogP contribution is 2.18. The molecule has 0 spiro atoms. The number of aromatic nitrogens is 1. The van der Waals surface area contributed by atoms with Gasteiger partial charge in [0.15, 0.2) is 5.69 Å². The van der Waals surface area contributed by atoms with Crippen LogP contribution in [0.3, 0.4) is 0 Å². The topological polar surface area (TPSA) is 26.5 Å². The molecule has 0 unspecified atom stereocenters. The van der Waals surface area contributed by atoms with Gasteiger partial charge in [0.25, 0.3) is 0 Å². The molecule has 0 aliphatic carbocycles. The van der Waals surface area contributed by atoms with Crippen molar-refractivity contribution in [2.24, 2.45) is 0 Å². The number of hydrogen-bond donors (Lipinski definition) is 0.